The number of hydrogen-bond acceptors (Lipinski definition) is 2. The summed E-state index contributed by atoms with van der Waals surface area (Å²) in [5.41, 5.74) is 0. The second-order valence-corrected chi connectivity index (χ2v) is 9.04. The van der Waals surface area contributed by atoms with Gasteiger partial charge in [-0.25, -0.2) is 0 Å². The molecule has 0 aromatic carbocycles. The van der Waals surface area contributed by atoms with Gasteiger partial charge in [0.1, 0.15) is 0 Å². The molecule has 24 heavy (non-hydrogen) atoms. The third-order valence-corrected chi connectivity index (χ3v) is 7.15. The van der Waals surface area contributed by atoms with Gasteiger partial charge in [-0.3, -0.25) is 0 Å². The van der Waals surface area contributed by atoms with E-state index in [4.69, 9.17) is 0 Å². The summed E-state index contributed by atoms with van der Waals surface area (Å²) in [6.07, 6.45) is 23.4. The van der Waals surface area contributed by atoms with Crippen molar-refractivity contribution in [2.75, 3.05) is 13.1 Å². The highest BCUT2D eigenvalue weighted by Gasteiger charge is 2.21. The first-order valence-corrected chi connectivity index (χ1v) is 11.4. The fourth-order valence-corrected chi connectivity index (χ4v) is 5.44. The zero-order chi connectivity index (χ0) is 16.5. The van der Waals surface area contributed by atoms with Gasteiger partial charge in [-0.15, -0.1) is 0 Å². The maximum Gasteiger partial charge on any atom is 0.00682 e. The third kappa shape index (κ3) is 6.67. The van der Waals surface area contributed by atoms with Gasteiger partial charge in [-0.2, -0.15) is 0 Å². The summed E-state index contributed by atoms with van der Waals surface area (Å²) in [6, 6.07) is 1.62. The molecule has 3 rings (SSSR count). The highest BCUT2D eigenvalue weighted by atomic mass is 14.9. The molecule has 0 amide bonds. The first kappa shape index (κ1) is 18.7. The molecule has 0 aromatic rings. The van der Waals surface area contributed by atoms with Crippen molar-refractivity contribution >= 4 is 0 Å². The Hall–Kier alpha value is -0.0800. The van der Waals surface area contributed by atoms with Gasteiger partial charge in [0.25, 0.3) is 0 Å². The molecule has 3 fully saturated rings. The molecular formula is C22H42N2. The van der Waals surface area contributed by atoms with E-state index in [9.17, 15) is 0 Å². The predicted octanol–water partition coefficient (Wildman–Crippen LogP) is 5.42. The fraction of sp³-hybridized carbons (Fsp3) is 1.00. The molecule has 0 bridgehead atoms. The van der Waals surface area contributed by atoms with Crippen LogP contribution >= 0.6 is 0 Å². The average Bonchev–Trinajstić information content (AvgIpc) is 2.65. The van der Waals surface area contributed by atoms with Crippen molar-refractivity contribution in [3.8, 4) is 0 Å². The standard InChI is InChI=1S/C22H42N2/c1-3-7-19(8-4-1)15-17-23-21-11-13-22(14-12-21)24-18-16-20-9-5-2-6-10-20/h19-24H,1-18H2. The normalized spacial score (nSPS) is 30.5. The van der Waals surface area contributed by atoms with Crippen LogP contribution in [0.1, 0.15) is 103 Å². The summed E-state index contributed by atoms with van der Waals surface area (Å²) in [5, 5.41) is 7.74. The lowest BCUT2D eigenvalue weighted by Crippen LogP contribution is -2.41. The Morgan fingerprint density at radius 1 is 0.458 bits per heavy atom. The molecule has 140 valence electrons. The van der Waals surface area contributed by atoms with Crippen LogP contribution < -0.4 is 10.6 Å². The van der Waals surface area contributed by atoms with Crippen LogP contribution in [0.15, 0.2) is 0 Å². The summed E-state index contributed by atoms with van der Waals surface area (Å²) in [5.74, 6) is 2.06. The average molecular weight is 335 g/mol. The van der Waals surface area contributed by atoms with Gasteiger partial charge in [0.2, 0.25) is 0 Å². The molecule has 0 unspecified atom stereocenters. The van der Waals surface area contributed by atoms with Crippen LogP contribution in [0.4, 0.5) is 0 Å². The molecule has 0 aliphatic heterocycles. The number of nitrogens with one attached hydrogen (secondary N) is 2. The highest BCUT2D eigenvalue weighted by molar-refractivity contribution is 4.81. The van der Waals surface area contributed by atoms with E-state index < -0.39 is 0 Å². The van der Waals surface area contributed by atoms with Crippen LogP contribution in [0.5, 0.6) is 0 Å². The summed E-state index contributed by atoms with van der Waals surface area (Å²) in [7, 11) is 0. The lowest BCUT2D eigenvalue weighted by Gasteiger charge is -2.31. The van der Waals surface area contributed by atoms with Gasteiger partial charge >= 0.3 is 0 Å². The van der Waals surface area contributed by atoms with Gasteiger partial charge in [0, 0.05) is 12.1 Å². The molecule has 0 aromatic heterocycles. The molecule has 0 atom stereocenters. The molecule has 0 radical (unpaired) electrons. The molecule has 0 saturated heterocycles. The molecule has 3 saturated carbocycles. The lowest BCUT2D eigenvalue weighted by atomic mass is 9.86. The van der Waals surface area contributed by atoms with Crippen LogP contribution in [0.2, 0.25) is 0 Å². The van der Waals surface area contributed by atoms with Gasteiger partial charge in [0.05, 0.1) is 0 Å². The van der Waals surface area contributed by atoms with Gasteiger partial charge in [-0.1, -0.05) is 64.2 Å². The minimum Gasteiger partial charge on any atom is -0.314 e. The van der Waals surface area contributed by atoms with Crippen molar-refractivity contribution in [3.63, 3.8) is 0 Å². The van der Waals surface area contributed by atoms with Crippen molar-refractivity contribution in [1.82, 2.24) is 10.6 Å². The molecule has 3 aliphatic carbocycles. The molecule has 0 heterocycles. The molecule has 2 heteroatoms. The van der Waals surface area contributed by atoms with E-state index in [-0.39, 0.29) is 0 Å². The van der Waals surface area contributed by atoms with E-state index in [1.807, 2.05) is 0 Å². The van der Waals surface area contributed by atoms with Gasteiger partial charge < -0.3 is 10.6 Å². The van der Waals surface area contributed by atoms with Crippen molar-refractivity contribution in [3.05, 3.63) is 0 Å². The first-order valence-electron chi connectivity index (χ1n) is 11.4. The first-order chi connectivity index (χ1) is 11.9. The van der Waals surface area contributed by atoms with E-state index in [1.165, 1.54) is 116 Å². The Kier molecular flexibility index (Phi) is 8.42. The van der Waals surface area contributed by atoms with E-state index in [1.54, 1.807) is 0 Å². The van der Waals surface area contributed by atoms with Crippen LogP contribution in [-0.4, -0.2) is 25.2 Å². The Labute approximate surface area is 150 Å². The monoisotopic (exact) mass is 334 g/mol. The second-order valence-electron chi connectivity index (χ2n) is 9.04. The summed E-state index contributed by atoms with van der Waals surface area (Å²) < 4.78 is 0. The second kappa shape index (κ2) is 10.8. The molecule has 2 nitrogen and oxygen atoms in total. The van der Waals surface area contributed by atoms with Crippen molar-refractivity contribution < 1.29 is 0 Å². The van der Waals surface area contributed by atoms with Crippen LogP contribution in [0.3, 0.4) is 0 Å². The lowest BCUT2D eigenvalue weighted by molar-refractivity contribution is 0.277. The van der Waals surface area contributed by atoms with Crippen molar-refractivity contribution in [2.45, 2.75) is 115 Å². The maximum absolute atomic E-state index is 3.87. The summed E-state index contributed by atoms with van der Waals surface area (Å²) >= 11 is 0. The third-order valence-electron chi connectivity index (χ3n) is 7.15. The largest absolute Gasteiger partial charge is 0.314 e. The zero-order valence-electron chi connectivity index (χ0n) is 16.0. The topological polar surface area (TPSA) is 24.1 Å². The molecule has 2 N–H and O–H groups in total. The SMILES string of the molecule is C1CCC(CCNC2CCC(NCCC3CCCCC3)CC2)CC1. The Bertz CT molecular complexity index is 278. The molecule has 3 aliphatic rings. The Morgan fingerprint density at radius 2 is 0.833 bits per heavy atom. The van der Waals surface area contributed by atoms with E-state index in [0.717, 1.165) is 23.9 Å². The van der Waals surface area contributed by atoms with Crippen LogP contribution in [0.25, 0.3) is 0 Å². The molecular weight excluding hydrogens is 292 g/mol. The quantitative estimate of drug-likeness (QED) is 0.619. The zero-order valence-corrected chi connectivity index (χ0v) is 16.0. The Morgan fingerprint density at radius 3 is 1.21 bits per heavy atom. The molecule has 0 spiro atoms. The predicted molar refractivity (Wildman–Crippen MR) is 104 cm³/mol. The van der Waals surface area contributed by atoms with Gasteiger partial charge in [0.15, 0.2) is 0 Å². The van der Waals surface area contributed by atoms with Crippen LogP contribution in [0, 0.1) is 11.8 Å². The van der Waals surface area contributed by atoms with Crippen molar-refractivity contribution in [1.29, 1.82) is 0 Å². The smallest absolute Gasteiger partial charge is 0.00682 e. The Balaban J connectivity index is 1.19. The van der Waals surface area contributed by atoms with E-state index in [0.29, 0.717) is 0 Å². The number of rotatable bonds is 8. The summed E-state index contributed by atoms with van der Waals surface area (Å²) in [4.78, 5) is 0. The minimum atomic E-state index is 0.810. The van der Waals surface area contributed by atoms with Crippen LogP contribution in [-0.2, 0) is 0 Å². The van der Waals surface area contributed by atoms with Gasteiger partial charge in [-0.05, 0) is 63.5 Å². The number of hydrogen-bond donors (Lipinski definition) is 2. The highest BCUT2D eigenvalue weighted by Crippen LogP contribution is 2.27. The summed E-state index contributed by atoms with van der Waals surface area (Å²) in [6.45, 7) is 2.55. The minimum absolute atomic E-state index is 0.810. The maximum atomic E-state index is 3.87. The fourth-order valence-electron chi connectivity index (χ4n) is 5.44. The van der Waals surface area contributed by atoms with E-state index >= 15 is 0 Å². The van der Waals surface area contributed by atoms with E-state index in [2.05, 4.69) is 10.6 Å². The van der Waals surface area contributed by atoms with Crippen molar-refractivity contribution in [2.24, 2.45) is 11.8 Å².